The van der Waals surface area contributed by atoms with Gasteiger partial charge in [0.2, 0.25) is 11.8 Å². The van der Waals surface area contributed by atoms with Crippen LogP contribution >= 0.6 is 0 Å². The first-order valence-electron chi connectivity index (χ1n) is 9.36. The fourth-order valence-electron chi connectivity index (χ4n) is 3.93. The molecule has 1 N–H and O–H groups in total. The number of hydrogen-bond acceptors (Lipinski definition) is 3. The molecular weight excluding hydrogens is 316 g/mol. The lowest BCUT2D eigenvalue weighted by atomic mass is 9.97. The molecule has 1 heterocycles. The molecule has 5 nitrogen and oxygen atoms in total. The smallest absolute Gasteiger partial charge is 0.228 e. The van der Waals surface area contributed by atoms with E-state index in [0.29, 0.717) is 32.6 Å². The van der Waals surface area contributed by atoms with E-state index in [2.05, 4.69) is 19.1 Å². The average molecular weight is 344 g/mol. The van der Waals surface area contributed by atoms with Gasteiger partial charge < -0.3 is 14.9 Å². The number of aliphatic hydroxyl groups is 1. The molecule has 3 atom stereocenters. The van der Waals surface area contributed by atoms with Crippen LogP contribution in [0.25, 0.3) is 0 Å². The van der Waals surface area contributed by atoms with E-state index < -0.39 is 6.10 Å². The van der Waals surface area contributed by atoms with Crippen LogP contribution in [0.4, 0.5) is 0 Å². The quantitative estimate of drug-likeness (QED) is 0.909. The zero-order valence-corrected chi connectivity index (χ0v) is 14.9. The Morgan fingerprint density at radius 1 is 1.08 bits per heavy atom. The molecular formula is C20H28N2O3. The topological polar surface area (TPSA) is 60.9 Å². The SMILES string of the molecule is CC(CC(=O)N1CCN(C(=O)C2CCCC2O)CC1)c1ccccc1. The van der Waals surface area contributed by atoms with Gasteiger partial charge >= 0.3 is 0 Å². The third-order valence-electron chi connectivity index (χ3n) is 5.59. The molecule has 3 rings (SSSR count). The zero-order chi connectivity index (χ0) is 17.8. The summed E-state index contributed by atoms with van der Waals surface area (Å²) in [6.07, 6.45) is 2.45. The van der Waals surface area contributed by atoms with Gasteiger partial charge in [-0.15, -0.1) is 0 Å². The lowest BCUT2D eigenvalue weighted by molar-refractivity contribution is -0.144. The molecule has 5 heteroatoms. The molecule has 0 aromatic heterocycles. The van der Waals surface area contributed by atoms with Crippen molar-refractivity contribution in [2.75, 3.05) is 26.2 Å². The van der Waals surface area contributed by atoms with Crippen molar-refractivity contribution in [3.05, 3.63) is 35.9 Å². The molecule has 1 aliphatic heterocycles. The fraction of sp³-hybridized carbons (Fsp3) is 0.600. The first-order valence-corrected chi connectivity index (χ1v) is 9.36. The summed E-state index contributed by atoms with van der Waals surface area (Å²) in [6, 6.07) is 10.1. The average Bonchev–Trinajstić information content (AvgIpc) is 3.08. The van der Waals surface area contributed by atoms with Crippen molar-refractivity contribution >= 4 is 11.8 Å². The molecule has 3 unspecified atom stereocenters. The van der Waals surface area contributed by atoms with Crippen LogP contribution in [-0.4, -0.2) is 59.0 Å². The number of carbonyl (C=O) groups is 2. The predicted molar refractivity (Wildman–Crippen MR) is 96.0 cm³/mol. The largest absolute Gasteiger partial charge is 0.392 e. The minimum absolute atomic E-state index is 0.0646. The van der Waals surface area contributed by atoms with Crippen molar-refractivity contribution in [2.24, 2.45) is 5.92 Å². The fourth-order valence-corrected chi connectivity index (χ4v) is 3.93. The summed E-state index contributed by atoms with van der Waals surface area (Å²) < 4.78 is 0. The summed E-state index contributed by atoms with van der Waals surface area (Å²) in [4.78, 5) is 28.8. The van der Waals surface area contributed by atoms with Crippen molar-refractivity contribution < 1.29 is 14.7 Å². The molecule has 2 aliphatic rings. The Morgan fingerprint density at radius 2 is 1.72 bits per heavy atom. The second kappa shape index (κ2) is 8.00. The Balaban J connectivity index is 1.48. The van der Waals surface area contributed by atoms with Crippen LogP contribution in [0.3, 0.4) is 0 Å². The van der Waals surface area contributed by atoms with Crippen molar-refractivity contribution in [1.82, 2.24) is 9.80 Å². The van der Waals surface area contributed by atoms with E-state index in [-0.39, 0.29) is 23.7 Å². The molecule has 1 aromatic rings. The van der Waals surface area contributed by atoms with E-state index in [1.54, 1.807) is 0 Å². The van der Waals surface area contributed by atoms with Gasteiger partial charge in [-0.3, -0.25) is 9.59 Å². The van der Waals surface area contributed by atoms with Crippen molar-refractivity contribution in [3.63, 3.8) is 0 Å². The first-order chi connectivity index (χ1) is 12.1. The third kappa shape index (κ3) is 4.21. The minimum atomic E-state index is -0.487. The van der Waals surface area contributed by atoms with Gasteiger partial charge in [-0.2, -0.15) is 0 Å². The van der Waals surface area contributed by atoms with Gasteiger partial charge in [-0.1, -0.05) is 37.3 Å². The van der Waals surface area contributed by atoms with Gasteiger partial charge in [0.15, 0.2) is 0 Å². The van der Waals surface area contributed by atoms with E-state index in [4.69, 9.17) is 0 Å². The Bertz CT molecular complexity index is 596. The Kier molecular flexibility index (Phi) is 5.74. The number of amides is 2. The van der Waals surface area contributed by atoms with Crippen molar-refractivity contribution in [1.29, 1.82) is 0 Å². The lowest BCUT2D eigenvalue weighted by Crippen LogP contribution is -2.52. The molecule has 2 fully saturated rings. The van der Waals surface area contributed by atoms with Crippen LogP contribution in [0.5, 0.6) is 0 Å². The summed E-state index contributed by atoms with van der Waals surface area (Å²) in [5.41, 5.74) is 1.18. The van der Waals surface area contributed by atoms with E-state index >= 15 is 0 Å². The molecule has 1 saturated carbocycles. The summed E-state index contributed by atoms with van der Waals surface area (Å²) in [6.45, 7) is 4.42. The van der Waals surface area contributed by atoms with E-state index in [1.807, 2.05) is 28.0 Å². The van der Waals surface area contributed by atoms with Crippen molar-refractivity contribution in [3.8, 4) is 0 Å². The number of nitrogens with zero attached hydrogens (tertiary/aromatic N) is 2. The molecule has 25 heavy (non-hydrogen) atoms. The van der Waals surface area contributed by atoms with Crippen molar-refractivity contribution in [2.45, 2.75) is 44.6 Å². The van der Waals surface area contributed by atoms with E-state index in [0.717, 1.165) is 19.3 Å². The van der Waals surface area contributed by atoms with Gasteiger partial charge in [0.05, 0.1) is 12.0 Å². The number of benzene rings is 1. The maximum absolute atomic E-state index is 12.5. The highest BCUT2D eigenvalue weighted by molar-refractivity contribution is 5.81. The second-order valence-corrected chi connectivity index (χ2v) is 7.33. The Morgan fingerprint density at radius 3 is 2.32 bits per heavy atom. The molecule has 1 saturated heterocycles. The normalized spacial score (nSPS) is 25.0. The Hall–Kier alpha value is -1.88. The lowest BCUT2D eigenvalue weighted by Gasteiger charge is -2.36. The number of aliphatic hydroxyl groups excluding tert-OH is 1. The van der Waals surface area contributed by atoms with E-state index in [9.17, 15) is 14.7 Å². The molecule has 1 aromatic carbocycles. The second-order valence-electron chi connectivity index (χ2n) is 7.33. The van der Waals surface area contributed by atoms with Gasteiger partial charge in [-0.25, -0.2) is 0 Å². The van der Waals surface area contributed by atoms with Gasteiger partial charge in [0.1, 0.15) is 0 Å². The summed E-state index contributed by atoms with van der Waals surface area (Å²) in [5.74, 6) is 0.182. The van der Waals surface area contributed by atoms with Gasteiger partial charge in [0, 0.05) is 32.6 Å². The number of piperazine rings is 1. The standard InChI is InChI=1S/C20H28N2O3/c1-15(16-6-3-2-4-7-16)14-19(24)21-10-12-22(13-11-21)20(25)17-8-5-9-18(17)23/h2-4,6-7,15,17-18,23H,5,8-14H2,1H3. The third-order valence-corrected chi connectivity index (χ3v) is 5.59. The van der Waals surface area contributed by atoms with Crippen LogP contribution in [0.1, 0.15) is 44.1 Å². The molecule has 136 valence electrons. The highest BCUT2D eigenvalue weighted by Crippen LogP contribution is 2.28. The van der Waals surface area contributed by atoms with Crippen LogP contribution in [0, 0.1) is 5.92 Å². The molecule has 0 spiro atoms. The van der Waals surface area contributed by atoms with Crippen LogP contribution < -0.4 is 0 Å². The Labute approximate surface area is 149 Å². The van der Waals surface area contributed by atoms with E-state index in [1.165, 1.54) is 5.56 Å². The van der Waals surface area contributed by atoms with Crippen LogP contribution in [0.15, 0.2) is 30.3 Å². The number of rotatable bonds is 4. The molecule has 0 bridgehead atoms. The highest BCUT2D eigenvalue weighted by Gasteiger charge is 2.35. The maximum atomic E-state index is 12.5. The summed E-state index contributed by atoms with van der Waals surface area (Å²) >= 11 is 0. The first kappa shape index (κ1) is 17.9. The highest BCUT2D eigenvalue weighted by atomic mass is 16.3. The monoisotopic (exact) mass is 344 g/mol. The minimum Gasteiger partial charge on any atom is -0.392 e. The maximum Gasteiger partial charge on any atom is 0.228 e. The molecule has 2 amide bonds. The summed E-state index contributed by atoms with van der Waals surface area (Å²) in [7, 11) is 0. The predicted octanol–water partition coefficient (Wildman–Crippen LogP) is 2.01. The zero-order valence-electron chi connectivity index (χ0n) is 14.9. The summed E-state index contributed by atoms with van der Waals surface area (Å²) in [5, 5.41) is 9.93. The number of carbonyl (C=O) groups excluding carboxylic acids is 2. The number of hydrogen-bond donors (Lipinski definition) is 1. The van der Waals surface area contributed by atoms with Crippen LogP contribution in [0.2, 0.25) is 0 Å². The molecule has 0 radical (unpaired) electrons. The van der Waals surface area contributed by atoms with Gasteiger partial charge in [-0.05, 0) is 30.7 Å². The van der Waals surface area contributed by atoms with Crippen LogP contribution in [-0.2, 0) is 9.59 Å². The molecule has 1 aliphatic carbocycles. The van der Waals surface area contributed by atoms with Gasteiger partial charge in [0.25, 0.3) is 0 Å².